The lowest BCUT2D eigenvalue weighted by Crippen LogP contribution is -2.30. The first-order valence-corrected chi connectivity index (χ1v) is 10.2. The Balaban J connectivity index is 1.74. The molecule has 0 saturated heterocycles. The Labute approximate surface area is 163 Å². The average molecular weight is 359 g/mol. The molecule has 0 fully saturated rings. The molecule has 2 aromatic carbocycles. The van der Waals surface area contributed by atoms with E-state index in [0.717, 1.165) is 26.1 Å². The van der Waals surface area contributed by atoms with Crippen molar-refractivity contribution in [3.05, 3.63) is 94.3 Å². The van der Waals surface area contributed by atoms with Gasteiger partial charge in [0.1, 0.15) is 0 Å². The minimum absolute atomic E-state index is 0.313. The summed E-state index contributed by atoms with van der Waals surface area (Å²) in [6.45, 7) is 9.89. The Kier molecular flexibility index (Phi) is 5.18. The molecule has 2 nitrogen and oxygen atoms in total. The van der Waals surface area contributed by atoms with E-state index in [1.807, 2.05) is 0 Å². The van der Waals surface area contributed by atoms with Gasteiger partial charge in [-0.2, -0.15) is 0 Å². The van der Waals surface area contributed by atoms with Gasteiger partial charge in [-0.25, -0.2) is 0 Å². The van der Waals surface area contributed by atoms with Crippen LogP contribution in [0.4, 0.5) is 0 Å². The summed E-state index contributed by atoms with van der Waals surface area (Å²) in [5, 5.41) is 0. The van der Waals surface area contributed by atoms with E-state index >= 15 is 0 Å². The smallest absolute Gasteiger partial charge is 0.0761 e. The molecule has 1 atom stereocenters. The molecule has 0 unspecified atom stereocenters. The molecular formula is C25H30N2. The lowest BCUT2D eigenvalue weighted by Gasteiger charge is -2.32. The molecule has 1 aromatic heterocycles. The summed E-state index contributed by atoms with van der Waals surface area (Å²) in [6, 6.07) is 20.9. The molecule has 4 rings (SSSR count). The van der Waals surface area contributed by atoms with Crippen molar-refractivity contribution in [1.82, 2.24) is 9.47 Å². The second-order valence-corrected chi connectivity index (χ2v) is 7.88. The van der Waals surface area contributed by atoms with Crippen LogP contribution in [0.15, 0.2) is 60.8 Å². The molecule has 0 N–H and O–H groups in total. The van der Waals surface area contributed by atoms with E-state index in [2.05, 4.69) is 91.0 Å². The van der Waals surface area contributed by atoms with Gasteiger partial charge in [-0.05, 0) is 61.1 Å². The zero-order chi connectivity index (χ0) is 18.8. The van der Waals surface area contributed by atoms with Gasteiger partial charge in [0, 0.05) is 31.5 Å². The maximum atomic E-state index is 2.67. The quantitative estimate of drug-likeness (QED) is 0.584. The summed E-state index contributed by atoms with van der Waals surface area (Å²) in [7, 11) is 0. The highest BCUT2D eigenvalue weighted by Crippen LogP contribution is 2.35. The van der Waals surface area contributed by atoms with Gasteiger partial charge >= 0.3 is 0 Å². The first-order valence-electron chi connectivity index (χ1n) is 10.2. The van der Waals surface area contributed by atoms with Crippen LogP contribution in [0, 0.1) is 13.8 Å². The minimum Gasteiger partial charge on any atom is -0.350 e. The Morgan fingerprint density at radius 1 is 0.926 bits per heavy atom. The fourth-order valence-corrected chi connectivity index (χ4v) is 4.34. The van der Waals surface area contributed by atoms with Crippen molar-refractivity contribution in [3.63, 3.8) is 0 Å². The Bertz CT molecular complexity index is 904. The van der Waals surface area contributed by atoms with Crippen LogP contribution in [0.25, 0.3) is 0 Å². The predicted octanol–water partition coefficient (Wildman–Crippen LogP) is 5.66. The highest BCUT2D eigenvalue weighted by Gasteiger charge is 2.28. The molecule has 0 amide bonds. The summed E-state index contributed by atoms with van der Waals surface area (Å²) >= 11 is 0. The standard InChI is InChI=1S/C25H30N2/c1-4-21-10-12-22(13-11-21)18-27-16-6-15-26-14-5-7-24(26)25(27)23-17-19(2)8-9-20(23)3/h5,7-14,17,25H,4,6,15-16,18H2,1-3H3/t25-/m1/s1. The van der Waals surface area contributed by atoms with Crippen LogP contribution in [0.3, 0.4) is 0 Å². The van der Waals surface area contributed by atoms with Gasteiger partial charge < -0.3 is 4.57 Å². The van der Waals surface area contributed by atoms with E-state index in [1.54, 1.807) is 0 Å². The molecule has 140 valence electrons. The van der Waals surface area contributed by atoms with Crippen molar-refractivity contribution >= 4 is 0 Å². The SMILES string of the molecule is CCc1ccc(CN2CCCn3cccc3[C@H]2c2cc(C)ccc2C)cc1. The van der Waals surface area contributed by atoms with Crippen molar-refractivity contribution in [3.8, 4) is 0 Å². The number of rotatable bonds is 4. The van der Waals surface area contributed by atoms with Crippen molar-refractivity contribution < 1.29 is 0 Å². The molecule has 0 bridgehead atoms. The largest absolute Gasteiger partial charge is 0.350 e. The van der Waals surface area contributed by atoms with Crippen molar-refractivity contribution in [2.24, 2.45) is 0 Å². The maximum absolute atomic E-state index is 2.67. The van der Waals surface area contributed by atoms with E-state index in [1.165, 1.54) is 39.9 Å². The summed E-state index contributed by atoms with van der Waals surface area (Å²) < 4.78 is 2.45. The molecule has 1 aliphatic heterocycles. The number of hydrogen-bond acceptors (Lipinski definition) is 1. The van der Waals surface area contributed by atoms with Gasteiger partial charge in [-0.1, -0.05) is 55.0 Å². The van der Waals surface area contributed by atoms with Gasteiger partial charge in [0.25, 0.3) is 0 Å². The number of aromatic nitrogens is 1. The molecule has 1 aliphatic rings. The van der Waals surface area contributed by atoms with Gasteiger partial charge in [-0.15, -0.1) is 0 Å². The summed E-state index contributed by atoms with van der Waals surface area (Å²) in [5.41, 5.74) is 8.40. The predicted molar refractivity (Wildman–Crippen MR) is 113 cm³/mol. The molecule has 0 aliphatic carbocycles. The number of hydrogen-bond donors (Lipinski definition) is 0. The number of aryl methyl sites for hydroxylation is 4. The zero-order valence-corrected chi connectivity index (χ0v) is 16.8. The number of benzene rings is 2. The van der Waals surface area contributed by atoms with Crippen LogP contribution in [-0.2, 0) is 19.5 Å². The fraction of sp³-hybridized carbons (Fsp3) is 0.360. The molecule has 0 spiro atoms. The normalized spacial score (nSPS) is 17.5. The van der Waals surface area contributed by atoms with E-state index in [0.29, 0.717) is 6.04 Å². The lowest BCUT2D eigenvalue weighted by atomic mass is 9.95. The zero-order valence-electron chi connectivity index (χ0n) is 16.8. The van der Waals surface area contributed by atoms with Gasteiger partial charge in [0.05, 0.1) is 6.04 Å². The third kappa shape index (κ3) is 3.72. The van der Waals surface area contributed by atoms with Crippen molar-refractivity contribution in [2.45, 2.75) is 52.7 Å². The van der Waals surface area contributed by atoms with Crippen LogP contribution in [0.5, 0.6) is 0 Å². The van der Waals surface area contributed by atoms with Crippen molar-refractivity contribution in [1.29, 1.82) is 0 Å². The first-order chi connectivity index (χ1) is 13.2. The van der Waals surface area contributed by atoms with Gasteiger partial charge in [0.2, 0.25) is 0 Å². The van der Waals surface area contributed by atoms with Crippen LogP contribution in [0.1, 0.15) is 52.9 Å². The van der Waals surface area contributed by atoms with Crippen LogP contribution >= 0.6 is 0 Å². The number of nitrogens with zero attached hydrogens (tertiary/aromatic N) is 2. The minimum atomic E-state index is 0.313. The molecule has 0 radical (unpaired) electrons. The monoisotopic (exact) mass is 358 g/mol. The van der Waals surface area contributed by atoms with Crippen LogP contribution < -0.4 is 0 Å². The fourth-order valence-electron chi connectivity index (χ4n) is 4.34. The first kappa shape index (κ1) is 18.1. The second kappa shape index (κ2) is 7.74. The molecule has 27 heavy (non-hydrogen) atoms. The summed E-state index contributed by atoms with van der Waals surface area (Å²) in [4.78, 5) is 2.67. The third-order valence-electron chi connectivity index (χ3n) is 5.90. The highest BCUT2D eigenvalue weighted by molar-refractivity contribution is 5.38. The van der Waals surface area contributed by atoms with E-state index in [-0.39, 0.29) is 0 Å². The van der Waals surface area contributed by atoms with Crippen LogP contribution in [0.2, 0.25) is 0 Å². The molecule has 0 saturated carbocycles. The molecule has 3 aromatic rings. The summed E-state index contributed by atoms with van der Waals surface area (Å²) in [5.74, 6) is 0. The summed E-state index contributed by atoms with van der Waals surface area (Å²) in [6.07, 6.45) is 4.53. The Hall–Kier alpha value is -2.32. The number of fused-ring (bicyclic) bond motifs is 1. The average Bonchev–Trinajstić information content (AvgIpc) is 3.06. The van der Waals surface area contributed by atoms with E-state index in [4.69, 9.17) is 0 Å². The lowest BCUT2D eigenvalue weighted by molar-refractivity contribution is 0.220. The Morgan fingerprint density at radius 2 is 1.70 bits per heavy atom. The third-order valence-corrected chi connectivity index (χ3v) is 5.90. The van der Waals surface area contributed by atoms with Crippen LogP contribution in [-0.4, -0.2) is 16.0 Å². The molecule has 2 heterocycles. The maximum Gasteiger partial charge on any atom is 0.0761 e. The second-order valence-electron chi connectivity index (χ2n) is 7.88. The molecule has 2 heteroatoms. The van der Waals surface area contributed by atoms with E-state index < -0.39 is 0 Å². The highest BCUT2D eigenvalue weighted by atomic mass is 15.2. The van der Waals surface area contributed by atoms with Crippen molar-refractivity contribution in [2.75, 3.05) is 6.54 Å². The van der Waals surface area contributed by atoms with Gasteiger partial charge in [0.15, 0.2) is 0 Å². The van der Waals surface area contributed by atoms with Gasteiger partial charge in [-0.3, -0.25) is 4.90 Å². The Morgan fingerprint density at radius 3 is 2.48 bits per heavy atom. The van der Waals surface area contributed by atoms with E-state index in [9.17, 15) is 0 Å². The molecular weight excluding hydrogens is 328 g/mol. The topological polar surface area (TPSA) is 8.17 Å².